The molecule has 0 amide bonds. The third-order valence-electron chi connectivity index (χ3n) is 16.2. The van der Waals surface area contributed by atoms with E-state index in [0.717, 1.165) is 51.4 Å². The summed E-state index contributed by atoms with van der Waals surface area (Å²) in [5.74, 6) is 0. The molecule has 0 saturated carbocycles. The Morgan fingerprint density at radius 1 is 0.213 bits per heavy atom. The van der Waals surface area contributed by atoms with E-state index in [2.05, 4.69) is 27.7 Å². The van der Waals surface area contributed by atoms with E-state index in [0.29, 0.717) is 47.9 Å². The van der Waals surface area contributed by atoms with Crippen LogP contribution in [-0.4, -0.2) is 79.2 Å². The molecule has 0 aromatic heterocycles. The van der Waals surface area contributed by atoms with E-state index in [9.17, 15) is 51.9 Å². The molecule has 0 aliphatic rings. The minimum Gasteiger partial charge on any atom is -0.744 e. The number of hydrogen-bond donors (Lipinski definition) is 0. The van der Waals surface area contributed by atoms with Gasteiger partial charge in [0.1, 0.15) is 40.5 Å². The van der Waals surface area contributed by atoms with E-state index in [1.54, 1.807) is 72.8 Å². The summed E-state index contributed by atoms with van der Waals surface area (Å²) in [5, 5.41) is 0. The summed E-state index contributed by atoms with van der Waals surface area (Å²) in [4.78, 5) is -0.200. The number of rotatable bonds is 48. The fourth-order valence-corrected chi connectivity index (χ4v) is 14.0. The summed E-state index contributed by atoms with van der Waals surface area (Å²) in [7, 11) is -17.4. The van der Waals surface area contributed by atoms with Crippen molar-refractivity contribution in [1.82, 2.24) is 0 Å². The van der Waals surface area contributed by atoms with Gasteiger partial charge in [0.2, 0.25) is 0 Å². The molecule has 0 spiro atoms. The van der Waals surface area contributed by atoms with Crippen LogP contribution in [0.4, 0.5) is 0 Å². The number of unbranched alkanes of at least 4 members (excludes halogenated alkanes) is 36. The molecule has 89 heavy (non-hydrogen) atoms. The van der Waals surface area contributed by atoms with Gasteiger partial charge in [-0.3, -0.25) is 0 Å². The van der Waals surface area contributed by atoms with Crippen LogP contribution in [0.5, 0.6) is 0 Å². The normalized spacial score (nSPS) is 11.6. The van der Waals surface area contributed by atoms with Crippen molar-refractivity contribution in [2.24, 2.45) is 0 Å². The van der Waals surface area contributed by atoms with Crippen LogP contribution in [-0.2, 0) is 66.2 Å². The predicted molar refractivity (Wildman–Crippen MR) is 366 cm³/mol. The maximum Gasteiger partial charge on any atom is 4.00 e. The van der Waals surface area contributed by atoms with E-state index >= 15 is 0 Å². The van der Waals surface area contributed by atoms with Gasteiger partial charge in [-0.05, 0) is 97.9 Å². The average molecular weight is 1510 g/mol. The molecule has 0 aliphatic carbocycles. The molecular weight excluding hydrogens is 1390 g/mol. The topological polar surface area (TPSA) is 229 Å². The molecule has 4 aromatic carbocycles. The zero-order valence-electron chi connectivity index (χ0n) is 55.4. The first-order valence-corrected chi connectivity index (χ1v) is 40.0. The van der Waals surface area contributed by atoms with Crippen molar-refractivity contribution in [3.05, 3.63) is 119 Å². The second-order valence-electron chi connectivity index (χ2n) is 24.0. The van der Waals surface area contributed by atoms with Crippen LogP contribution in [0.25, 0.3) is 0 Å². The summed E-state index contributed by atoms with van der Waals surface area (Å²) < 4.78 is 134. The summed E-state index contributed by atoms with van der Waals surface area (Å²) >= 11 is 0. The van der Waals surface area contributed by atoms with Gasteiger partial charge in [-0.15, -0.1) is 0 Å². The van der Waals surface area contributed by atoms with Gasteiger partial charge in [-0.2, -0.15) is 0 Å². The number of aryl methyl sites for hydroxylation is 4. The third-order valence-corrected chi connectivity index (χ3v) is 19.9. The molecule has 0 fully saturated rings. The van der Waals surface area contributed by atoms with Crippen LogP contribution in [0.1, 0.15) is 307 Å². The molecule has 0 aliphatic heterocycles. The summed E-state index contributed by atoms with van der Waals surface area (Å²) in [6, 6.07) is 26.2. The molecule has 4 rings (SSSR count). The largest absolute Gasteiger partial charge is 4.00 e. The van der Waals surface area contributed by atoms with Gasteiger partial charge in [-0.1, -0.05) is 332 Å². The van der Waals surface area contributed by atoms with Gasteiger partial charge < -0.3 is 18.2 Å². The monoisotopic (exact) mass is 1510 g/mol. The van der Waals surface area contributed by atoms with Crippen molar-refractivity contribution in [2.45, 2.75) is 330 Å². The number of benzene rings is 4. The predicted octanol–water partition coefficient (Wildman–Crippen LogP) is 19.8. The Morgan fingerprint density at radius 3 is 0.472 bits per heavy atom. The third kappa shape index (κ3) is 46.2. The standard InChI is InChI=1S/4C18H30O3S.Pb/c4*1-2-3-4-5-6-7-8-9-10-11-14-17-15-12-13-16-18(17)22(19,20)21;/h4*12-13,15-16H,2-11,14H2,1H3,(H,19,20,21);/q;;;;+4/p-4. The van der Waals surface area contributed by atoms with Crippen LogP contribution in [0.2, 0.25) is 0 Å². The van der Waals surface area contributed by atoms with E-state index < -0.39 is 40.5 Å². The Morgan fingerprint density at radius 2 is 0.337 bits per heavy atom. The van der Waals surface area contributed by atoms with Crippen molar-refractivity contribution in [3.63, 3.8) is 0 Å². The van der Waals surface area contributed by atoms with Gasteiger partial charge in [0.15, 0.2) is 0 Å². The zero-order valence-corrected chi connectivity index (χ0v) is 62.5. The Labute approximate surface area is 564 Å². The Kier molecular flexibility index (Phi) is 53.2. The maximum absolute atomic E-state index is 11.2. The minimum atomic E-state index is -4.35. The average Bonchev–Trinajstić information content (AvgIpc) is 3.51. The Hall–Kier alpha value is -2.56. The minimum absolute atomic E-state index is 0. The molecule has 0 N–H and O–H groups in total. The summed E-state index contributed by atoms with van der Waals surface area (Å²) in [6.45, 7) is 8.93. The van der Waals surface area contributed by atoms with Crippen molar-refractivity contribution >= 4 is 67.8 Å². The Balaban J connectivity index is 0.00000116. The SMILES string of the molecule is CCCCCCCCCCCCc1ccccc1S(=O)(=O)[O-].CCCCCCCCCCCCc1ccccc1S(=O)(=O)[O-].CCCCCCCCCCCCc1ccccc1S(=O)(=O)[O-].CCCCCCCCCCCCc1ccccc1S(=O)(=O)[O-].[Pb+4]. The summed E-state index contributed by atoms with van der Waals surface area (Å²) in [5.41, 5.74) is 2.66. The fraction of sp³-hybridized carbons (Fsp3) is 0.667. The summed E-state index contributed by atoms with van der Waals surface area (Å²) in [6.07, 6.45) is 52.6. The van der Waals surface area contributed by atoms with Crippen LogP contribution in [0, 0.1) is 0 Å². The molecule has 0 saturated heterocycles. The van der Waals surface area contributed by atoms with Crippen LogP contribution < -0.4 is 0 Å². The molecule has 504 valence electrons. The van der Waals surface area contributed by atoms with Gasteiger partial charge in [-0.25, -0.2) is 33.7 Å². The van der Waals surface area contributed by atoms with E-state index in [4.69, 9.17) is 0 Å². The fourth-order valence-electron chi connectivity index (χ4n) is 11.0. The molecule has 0 unspecified atom stereocenters. The molecule has 0 radical (unpaired) electrons. The second-order valence-corrected chi connectivity index (χ2v) is 29.4. The quantitative estimate of drug-likeness (QED) is 0.0228. The van der Waals surface area contributed by atoms with Gasteiger partial charge >= 0.3 is 27.3 Å². The van der Waals surface area contributed by atoms with Crippen molar-refractivity contribution in [2.75, 3.05) is 0 Å². The molecule has 0 atom stereocenters. The van der Waals surface area contributed by atoms with E-state index in [-0.39, 0.29) is 46.9 Å². The first kappa shape index (κ1) is 86.4. The van der Waals surface area contributed by atoms with Crippen molar-refractivity contribution in [1.29, 1.82) is 0 Å². The molecule has 4 aromatic rings. The van der Waals surface area contributed by atoms with Crippen molar-refractivity contribution < 1.29 is 51.9 Å². The van der Waals surface area contributed by atoms with E-state index in [1.165, 1.54) is 230 Å². The van der Waals surface area contributed by atoms with Gasteiger partial charge in [0.25, 0.3) is 0 Å². The first-order valence-electron chi connectivity index (χ1n) is 34.4. The molecule has 17 heteroatoms. The van der Waals surface area contributed by atoms with E-state index in [1.807, 2.05) is 0 Å². The molecule has 0 heterocycles. The molecule has 0 bridgehead atoms. The smallest absolute Gasteiger partial charge is 0.744 e. The first-order chi connectivity index (χ1) is 42.2. The maximum atomic E-state index is 11.2. The zero-order chi connectivity index (χ0) is 65.0. The molecular formula is C72H116O12PbS4. The van der Waals surface area contributed by atoms with Crippen LogP contribution in [0.15, 0.2) is 117 Å². The Bertz CT molecular complexity index is 2430. The van der Waals surface area contributed by atoms with Gasteiger partial charge in [0.05, 0.1) is 19.6 Å². The number of hydrogen-bond acceptors (Lipinski definition) is 12. The van der Waals surface area contributed by atoms with Crippen molar-refractivity contribution in [3.8, 4) is 0 Å². The van der Waals surface area contributed by atoms with Crippen LogP contribution >= 0.6 is 0 Å². The second kappa shape index (κ2) is 54.8. The van der Waals surface area contributed by atoms with Gasteiger partial charge in [0, 0.05) is 0 Å². The molecule has 12 nitrogen and oxygen atoms in total. The van der Waals surface area contributed by atoms with Crippen LogP contribution in [0.3, 0.4) is 0 Å².